The maximum atomic E-state index is 13.2. The van der Waals surface area contributed by atoms with Gasteiger partial charge >= 0.3 is 23.9 Å². The molecule has 81 heavy (non-hydrogen) atoms. The largest absolute Gasteiger partial charge is 0.479 e. The number of hydrogen-bond donors (Lipinski definition) is 3. The highest BCUT2D eigenvalue weighted by molar-refractivity contribution is 5.74. The van der Waals surface area contributed by atoms with Crippen LogP contribution in [0.15, 0.2) is 97.2 Å². The molecule has 0 bridgehead atoms. The van der Waals surface area contributed by atoms with E-state index >= 15 is 0 Å². The topological polar surface area (TPSA) is 175 Å². The van der Waals surface area contributed by atoms with Crippen molar-refractivity contribution < 1.29 is 58.2 Å². The van der Waals surface area contributed by atoms with Gasteiger partial charge in [-0.05, 0) is 122 Å². The van der Waals surface area contributed by atoms with Crippen molar-refractivity contribution in [3.8, 4) is 0 Å². The van der Waals surface area contributed by atoms with Gasteiger partial charge in [-0.25, -0.2) is 4.79 Å². The van der Waals surface area contributed by atoms with Crippen molar-refractivity contribution in [3.63, 3.8) is 0 Å². The Bertz CT molecular complexity index is 1780. The lowest BCUT2D eigenvalue weighted by Crippen LogP contribution is -2.61. The number of aliphatic hydroxyl groups excluding tert-OH is 2. The van der Waals surface area contributed by atoms with Gasteiger partial charge in [0.15, 0.2) is 24.6 Å². The van der Waals surface area contributed by atoms with Crippen LogP contribution in [0.4, 0.5) is 0 Å². The molecule has 6 atom stereocenters. The minimum atomic E-state index is -1.92. The maximum absolute atomic E-state index is 13.2. The van der Waals surface area contributed by atoms with Crippen LogP contribution in [-0.2, 0) is 42.9 Å². The molecule has 0 saturated carbocycles. The number of aliphatic carboxylic acids is 1. The second-order valence-corrected chi connectivity index (χ2v) is 21.7. The summed E-state index contributed by atoms with van der Waals surface area (Å²) in [6.07, 6.45) is 62.1. The van der Waals surface area contributed by atoms with Crippen molar-refractivity contribution in [2.45, 2.75) is 302 Å². The zero-order valence-corrected chi connectivity index (χ0v) is 51.0. The molecule has 12 nitrogen and oxygen atoms in total. The van der Waals surface area contributed by atoms with Crippen molar-refractivity contribution in [1.82, 2.24) is 0 Å². The van der Waals surface area contributed by atoms with Crippen molar-refractivity contribution >= 4 is 23.9 Å². The molecule has 1 heterocycles. The third-order valence-electron chi connectivity index (χ3n) is 14.1. The number of carboxylic acids is 1. The highest BCUT2D eigenvalue weighted by atomic mass is 16.7. The monoisotopic (exact) mass is 1130 g/mol. The number of carbonyl (C=O) groups excluding carboxylic acids is 3. The summed E-state index contributed by atoms with van der Waals surface area (Å²) < 4.78 is 28.5. The molecule has 6 unspecified atom stereocenters. The van der Waals surface area contributed by atoms with Gasteiger partial charge in [0.25, 0.3) is 0 Å². The lowest BCUT2D eigenvalue weighted by Gasteiger charge is -2.40. The number of aliphatic hydroxyl groups is 2. The number of hydrogen-bond acceptors (Lipinski definition) is 11. The summed E-state index contributed by atoms with van der Waals surface area (Å²) >= 11 is 0. The Labute approximate surface area is 492 Å². The summed E-state index contributed by atoms with van der Waals surface area (Å²) in [6.45, 7) is 5.86. The van der Waals surface area contributed by atoms with E-state index in [1.165, 1.54) is 44.9 Å². The Morgan fingerprint density at radius 1 is 0.407 bits per heavy atom. The molecule has 0 spiro atoms. The Hall–Kier alpha value is -4.36. The average molecular weight is 1140 g/mol. The first-order valence-electron chi connectivity index (χ1n) is 32.2. The van der Waals surface area contributed by atoms with Crippen molar-refractivity contribution in [3.05, 3.63) is 97.2 Å². The fourth-order valence-corrected chi connectivity index (χ4v) is 9.12. The van der Waals surface area contributed by atoms with Crippen LogP contribution in [0.5, 0.6) is 0 Å². The van der Waals surface area contributed by atoms with Crippen LogP contribution in [0.2, 0.25) is 0 Å². The molecule has 0 aromatic rings. The van der Waals surface area contributed by atoms with E-state index in [1.807, 2.05) is 0 Å². The molecule has 1 rings (SSSR count). The second-order valence-electron chi connectivity index (χ2n) is 21.7. The van der Waals surface area contributed by atoms with Crippen LogP contribution in [0.3, 0.4) is 0 Å². The number of carbonyl (C=O) groups is 4. The molecule has 3 N–H and O–H groups in total. The molecule has 0 aromatic heterocycles. The van der Waals surface area contributed by atoms with Crippen molar-refractivity contribution in [2.75, 3.05) is 13.2 Å². The quantitative estimate of drug-likeness (QED) is 0.0228. The Morgan fingerprint density at radius 3 is 1.17 bits per heavy atom. The summed E-state index contributed by atoms with van der Waals surface area (Å²) in [6, 6.07) is 0. The lowest BCUT2D eigenvalue weighted by atomic mass is 9.98. The van der Waals surface area contributed by atoms with Crippen molar-refractivity contribution in [2.24, 2.45) is 0 Å². The van der Waals surface area contributed by atoms with Gasteiger partial charge < -0.3 is 39.0 Å². The summed E-state index contributed by atoms with van der Waals surface area (Å²) in [5.74, 6) is -3.17. The van der Waals surface area contributed by atoms with Crippen LogP contribution in [-0.4, -0.2) is 89.2 Å². The Kier molecular flexibility index (Phi) is 51.7. The molecular formula is C69H114O12. The summed E-state index contributed by atoms with van der Waals surface area (Å²) in [7, 11) is 0. The zero-order chi connectivity index (χ0) is 58.9. The molecule has 0 amide bonds. The molecule has 12 heteroatoms. The summed E-state index contributed by atoms with van der Waals surface area (Å²) in [5, 5.41) is 31.6. The van der Waals surface area contributed by atoms with E-state index in [1.54, 1.807) is 0 Å². The van der Waals surface area contributed by atoms with E-state index in [-0.39, 0.29) is 25.9 Å². The van der Waals surface area contributed by atoms with Gasteiger partial charge in [-0.2, -0.15) is 0 Å². The van der Waals surface area contributed by atoms with Gasteiger partial charge in [-0.3, -0.25) is 14.4 Å². The summed E-state index contributed by atoms with van der Waals surface area (Å²) in [5.41, 5.74) is 0. The number of rotatable bonds is 54. The fraction of sp³-hybridized carbons (Fsp3) is 0.710. The number of unbranched alkanes of at least 4 members (excludes halogenated alkanes) is 24. The minimum absolute atomic E-state index is 0.0391. The first kappa shape index (κ1) is 74.7. The smallest absolute Gasteiger partial charge is 0.335 e. The number of carboxylic acid groups (broad SMARTS) is 1. The summed E-state index contributed by atoms with van der Waals surface area (Å²) in [4.78, 5) is 51.3. The van der Waals surface area contributed by atoms with Crippen LogP contribution < -0.4 is 0 Å². The Balaban J connectivity index is 2.67. The molecule has 1 aliphatic rings. The van der Waals surface area contributed by atoms with Crippen molar-refractivity contribution in [1.29, 1.82) is 0 Å². The molecule has 0 aromatic carbocycles. The van der Waals surface area contributed by atoms with Gasteiger partial charge in [0, 0.05) is 19.3 Å². The standard InChI is InChI=1S/C69H114O12/c1-4-7-10-13-16-19-22-25-27-29-31-33-35-38-40-43-46-49-52-55-61(70)77-58-60(79-62(71)56-53-50-47-44-41-37-24-21-18-15-12-9-6-3)59-78-69-67(65(74)64(73)66(81-69)68(75)76)80-63(72)57-54-51-48-45-42-39-36-34-32-30-28-26-23-20-17-14-11-8-5-2/h12,15-17,19-21,24-28,31-34,60,64-67,69,73-74H,4-11,13-14,18,22-23,29-30,35-59H2,1-3H3,(H,75,76)/b15-12-,19-16-,20-17-,24-21-,27-25-,28-26-,33-31-,34-32-. The maximum Gasteiger partial charge on any atom is 0.335 e. The van der Waals surface area contributed by atoms with Crippen LogP contribution in [0.25, 0.3) is 0 Å². The van der Waals surface area contributed by atoms with Crippen LogP contribution in [0.1, 0.15) is 265 Å². The van der Waals surface area contributed by atoms with Gasteiger partial charge in [-0.15, -0.1) is 0 Å². The predicted octanol–water partition coefficient (Wildman–Crippen LogP) is 17.2. The normalized spacial score (nSPS) is 18.4. The van der Waals surface area contributed by atoms with Crippen LogP contribution >= 0.6 is 0 Å². The molecule has 1 saturated heterocycles. The second kappa shape index (κ2) is 56.1. The number of esters is 3. The molecule has 0 aliphatic carbocycles. The molecule has 462 valence electrons. The van der Waals surface area contributed by atoms with Gasteiger partial charge in [0.05, 0.1) is 6.61 Å². The highest BCUT2D eigenvalue weighted by Crippen LogP contribution is 2.26. The van der Waals surface area contributed by atoms with Gasteiger partial charge in [-0.1, -0.05) is 221 Å². The first-order chi connectivity index (χ1) is 39.6. The Morgan fingerprint density at radius 2 is 0.765 bits per heavy atom. The lowest BCUT2D eigenvalue weighted by molar-refractivity contribution is -0.301. The zero-order valence-electron chi connectivity index (χ0n) is 51.0. The van der Waals surface area contributed by atoms with E-state index in [0.29, 0.717) is 19.3 Å². The van der Waals surface area contributed by atoms with E-state index in [0.717, 1.165) is 161 Å². The van der Waals surface area contributed by atoms with Gasteiger partial charge in [0.2, 0.25) is 0 Å². The fourth-order valence-electron chi connectivity index (χ4n) is 9.12. The molecule has 1 fully saturated rings. The third-order valence-corrected chi connectivity index (χ3v) is 14.1. The van der Waals surface area contributed by atoms with E-state index in [4.69, 9.17) is 23.7 Å². The van der Waals surface area contributed by atoms with E-state index in [9.17, 15) is 34.5 Å². The van der Waals surface area contributed by atoms with E-state index in [2.05, 4.69) is 118 Å². The minimum Gasteiger partial charge on any atom is -0.479 e. The number of ether oxygens (including phenoxy) is 5. The number of allylic oxidation sites excluding steroid dienone is 16. The molecule has 0 radical (unpaired) electrons. The van der Waals surface area contributed by atoms with Crippen LogP contribution in [0, 0.1) is 0 Å². The SMILES string of the molecule is CCC/C=C\C/C=C\CCCCCCCC(=O)OC(COC(=O)CCCCCCCC/C=C\C/C=C\C/C=C\CCCCC)COC1OC(C(=O)O)C(O)C(O)C1OC(=O)CCCCCCCC/C=C\C/C=C\C/C=C\CCCCC. The molecular weight excluding hydrogens is 1020 g/mol. The average Bonchev–Trinajstić information content (AvgIpc) is 3.54. The predicted molar refractivity (Wildman–Crippen MR) is 331 cm³/mol. The van der Waals surface area contributed by atoms with E-state index < -0.39 is 67.3 Å². The third kappa shape index (κ3) is 45.8. The first-order valence-corrected chi connectivity index (χ1v) is 32.2. The highest BCUT2D eigenvalue weighted by Gasteiger charge is 2.50. The molecule has 1 aliphatic heterocycles. The van der Waals surface area contributed by atoms with Gasteiger partial charge in [0.1, 0.15) is 18.8 Å².